The summed E-state index contributed by atoms with van der Waals surface area (Å²) in [5, 5.41) is 12.6. The molecule has 2 bridgehead atoms. The van der Waals surface area contributed by atoms with Crippen LogP contribution in [-0.2, 0) is 0 Å². The van der Waals surface area contributed by atoms with Crippen LogP contribution < -0.4 is 5.32 Å². The molecule has 0 heterocycles. The van der Waals surface area contributed by atoms with Crippen LogP contribution in [0.3, 0.4) is 0 Å². The summed E-state index contributed by atoms with van der Waals surface area (Å²) in [5.74, 6) is 0.646. The van der Waals surface area contributed by atoms with Gasteiger partial charge in [0.2, 0.25) is 0 Å². The first-order chi connectivity index (χ1) is 14.3. The normalized spacial score (nSPS) is 28.4. The number of aliphatic hydroxyl groups is 1. The van der Waals surface area contributed by atoms with Gasteiger partial charge in [-0.25, -0.2) is 0 Å². The predicted molar refractivity (Wildman–Crippen MR) is 120 cm³/mol. The second-order valence-corrected chi connectivity index (χ2v) is 9.34. The van der Waals surface area contributed by atoms with E-state index in [0.717, 1.165) is 37.2 Å². The molecule has 0 aromatic heterocycles. The number of fused-ring (bicyclic) bond motifs is 2. The Kier molecular flexibility index (Phi) is 6.66. The number of amides is 1. The highest BCUT2D eigenvalue weighted by molar-refractivity contribution is 6.11. The van der Waals surface area contributed by atoms with Gasteiger partial charge in [-0.15, -0.1) is 0 Å². The maximum absolute atomic E-state index is 12.1. The van der Waals surface area contributed by atoms with Crippen molar-refractivity contribution in [3.05, 3.63) is 59.2 Å². The van der Waals surface area contributed by atoms with Crippen molar-refractivity contribution in [2.75, 3.05) is 7.05 Å². The number of allylic oxidation sites excluding steroid dienone is 4. The van der Waals surface area contributed by atoms with Crippen molar-refractivity contribution >= 4 is 11.7 Å². The summed E-state index contributed by atoms with van der Waals surface area (Å²) in [5.41, 5.74) is 2.55. The molecule has 0 saturated heterocycles. The molecular formula is C26H35NO3. The Morgan fingerprint density at radius 1 is 1.13 bits per heavy atom. The Balaban J connectivity index is 0.000000184. The van der Waals surface area contributed by atoms with E-state index in [4.69, 9.17) is 0 Å². The van der Waals surface area contributed by atoms with Crippen LogP contribution in [0.2, 0.25) is 0 Å². The molecular weight excluding hydrogens is 374 g/mol. The number of rotatable bonds is 4. The number of carbonyl (C=O) groups excluding carboxylic acids is 2. The minimum Gasteiger partial charge on any atom is -0.393 e. The van der Waals surface area contributed by atoms with Crippen LogP contribution in [0, 0.1) is 16.7 Å². The number of ketones is 1. The molecule has 1 amide bonds. The van der Waals surface area contributed by atoms with Crippen LogP contribution in [0.15, 0.2) is 48.1 Å². The molecule has 2 N–H and O–H groups in total. The Morgan fingerprint density at radius 2 is 1.80 bits per heavy atom. The van der Waals surface area contributed by atoms with Gasteiger partial charge in [-0.1, -0.05) is 51.1 Å². The van der Waals surface area contributed by atoms with E-state index in [-0.39, 0.29) is 23.2 Å². The van der Waals surface area contributed by atoms with Crippen molar-refractivity contribution < 1.29 is 14.7 Å². The molecule has 3 atom stereocenters. The zero-order valence-electron chi connectivity index (χ0n) is 18.7. The molecule has 1 aromatic carbocycles. The quantitative estimate of drug-likeness (QED) is 0.681. The van der Waals surface area contributed by atoms with E-state index in [1.54, 1.807) is 31.3 Å². The fourth-order valence-corrected chi connectivity index (χ4v) is 5.76. The number of aliphatic hydroxyl groups excluding tert-OH is 1. The fraction of sp³-hybridized carbons (Fsp3) is 0.538. The maximum atomic E-state index is 12.1. The van der Waals surface area contributed by atoms with E-state index >= 15 is 0 Å². The third kappa shape index (κ3) is 3.90. The Labute approximate surface area is 180 Å². The molecule has 3 aliphatic rings. The Hall–Kier alpha value is -2.20. The SMILES string of the molecule is CCC12CCC(CC1O)C2(C)C.CNC(=O)c1ccc(C(=O)C2=CCCC=C2)cc1. The molecule has 30 heavy (non-hydrogen) atoms. The molecule has 0 radical (unpaired) electrons. The Bertz CT molecular complexity index is 850. The van der Waals surface area contributed by atoms with Crippen LogP contribution in [0.5, 0.6) is 0 Å². The molecule has 4 nitrogen and oxygen atoms in total. The highest BCUT2D eigenvalue weighted by atomic mass is 16.3. The average Bonchev–Trinajstić information content (AvgIpc) is 3.14. The molecule has 1 aromatic rings. The van der Waals surface area contributed by atoms with Gasteiger partial charge in [-0.3, -0.25) is 9.59 Å². The van der Waals surface area contributed by atoms with E-state index in [1.807, 2.05) is 18.2 Å². The van der Waals surface area contributed by atoms with Gasteiger partial charge >= 0.3 is 0 Å². The third-order valence-electron chi connectivity index (χ3n) is 7.91. The van der Waals surface area contributed by atoms with Crippen LogP contribution in [0.25, 0.3) is 0 Å². The topological polar surface area (TPSA) is 66.4 Å². The van der Waals surface area contributed by atoms with Gasteiger partial charge in [0, 0.05) is 29.2 Å². The monoisotopic (exact) mass is 409 g/mol. The van der Waals surface area contributed by atoms with Crippen molar-refractivity contribution in [2.45, 2.75) is 65.4 Å². The molecule has 0 aliphatic heterocycles. The number of carbonyl (C=O) groups is 2. The summed E-state index contributed by atoms with van der Waals surface area (Å²) in [7, 11) is 1.58. The van der Waals surface area contributed by atoms with E-state index in [9.17, 15) is 14.7 Å². The minimum absolute atomic E-state index is 0.00871. The van der Waals surface area contributed by atoms with Gasteiger partial charge in [0.15, 0.2) is 5.78 Å². The smallest absolute Gasteiger partial charge is 0.251 e. The number of Topliss-reactive ketones (excluding diaryl/α,β-unsaturated/α-hetero) is 1. The molecule has 4 rings (SSSR count). The fourth-order valence-electron chi connectivity index (χ4n) is 5.76. The molecule has 3 unspecified atom stereocenters. The minimum atomic E-state index is -0.147. The van der Waals surface area contributed by atoms with Crippen molar-refractivity contribution in [3.63, 3.8) is 0 Å². The highest BCUT2D eigenvalue weighted by Crippen LogP contribution is 2.67. The second kappa shape index (κ2) is 8.89. The van der Waals surface area contributed by atoms with Crippen LogP contribution in [0.1, 0.15) is 80.0 Å². The van der Waals surface area contributed by atoms with Crippen molar-refractivity contribution in [1.82, 2.24) is 5.32 Å². The van der Waals surface area contributed by atoms with Gasteiger partial charge in [0.05, 0.1) is 6.10 Å². The van der Waals surface area contributed by atoms with E-state index in [2.05, 4.69) is 26.1 Å². The van der Waals surface area contributed by atoms with Crippen LogP contribution in [-0.4, -0.2) is 29.9 Å². The largest absolute Gasteiger partial charge is 0.393 e. The summed E-state index contributed by atoms with van der Waals surface area (Å²) in [6, 6.07) is 6.71. The average molecular weight is 410 g/mol. The number of hydrogen-bond donors (Lipinski definition) is 2. The van der Waals surface area contributed by atoms with Gasteiger partial charge in [0.1, 0.15) is 0 Å². The van der Waals surface area contributed by atoms with Gasteiger partial charge in [-0.2, -0.15) is 0 Å². The lowest BCUT2D eigenvalue weighted by atomic mass is 9.67. The van der Waals surface area contributed by atoms with Crippen molar-refractivity contribution in [1.29, 1.82) is 0 Å². The zero-order valence-corrected chi connectivity index (χ0v) is 18.7. The highest BCUT2D eigenvalue weighted by Gasteiger charge is 2.62. The number of hydrogen-bond acceptors (Lipinski definition) is 3. The van der Waals surface area contributed by atoms with E-state index in [0.29, 0.717) is 16.5 Å². The molecule has 0 spiro atoms. The first-order valence-electron chi connectivity index (χ1n) is 11.2. The molecule has 2 saturated carbocycles. The van der Waals surface area contributed by atoms with E-state index in [1.165, 1.54) is 12.8 Å². The summed E-state index contributed by atoms with van der Waals surface area (Å²) >= 11 is 0. The summed E-state index contributed by atoms with van der Waals surface area (Å²) in [4.78, 5) is 23.5. The summed E-state index contributed by atoms with van der Waals surface area (Å²) < 4.78 is 0. The summed E-state index contributed by atoms with van der Waals surface area (Å²) in [6.07, 6.45) is 12.5. The second-order valence-electron chi connectivity index (χ2n) is 9.34. The Morgan fingerprint density at radius 3 is 2.23 bits per heavy atom. The predicted octanol–water partition coefficient (Wildman–Crippen LogP) is 5.09. The van der Waals surface area contributed by atoms with Crippen molar-refractivity contribution in [2.24, 2.45) is 16.7 Å². The maximum Gasteiger partial charge on any atom is 0.251 e. The standard InChI is InChI=1S/C15H15NO2.C11H20O/c1-16-15(18)13-9-7-12(8-10-13)14(17)11-5-3-2-4-6-11;1-4-11-6-5-8(7-9(11)12)10(11,2)3/h3,5-10H,2,4H2,1H3,(H,16,18);8-9,12H,4-7H2,1-3H3. The van der Waals surface area contributed by atoms with Crippen LogP contribution >= 0.6 is 0 Å². The number of benzene rings is 1. The first kappa shape index (κ1) is 22.5. The molecule has 4 heteroatoms. The lowest BCUT2D eigenvalue weighted by molar-refractivity contribution is -0.00623. The number of nitrogens with one attached hydrogen (secondary N) is 1. The molecule has 2 fully saturated rings. The van der Waals surface area contributed by atoms with Gasteiger partial charge in [-0.05, 0) is 62.0 Å². The zero-order chi connectivity index (χ0) is 21.9. The molecule has 3 aliphatic carbocycles. The lowest BCUT2D eigenvalue weighted by Crippen LogP contribution is -2.37. The van der Waals surface area contributed by atoms with Crippen molar-refractivity contribution in [3.8, 4) is 0 Å². The van der Waals surface area contributed by atoms with Crippen LogP contribution in [0.4, 0.5) is 0 Å². The summed E-state index contributed by atoms with van der Waals surface area (Å²) in [6.45, 7) is 6.94. The first-order valence-corrected chi connectivity index (χ1v) is 11.2. The lowest BCUT2D eigenvalue weighted by Gasteiger charge is -2.39. The molecule has 162 valence electrons. The third-order valence-corrected chi connectivity index (χ3v) is 7.91. The van der Waals surface area contributed by atoms with Gasteiger partial charge in [0.25, 0.3) is 5.91 Å². The van der Waals surface area contributed by atoms with E-state index < -0.39 is 0 Å². The van der Waals surface area contributed by atoms with Gasteiger partial charge < -0.3 is 10.4 Å².